The van der Waals surface area contributed by atoms with E-state index in [2.05, 4.69) is 4.98 Å². The van der Waals surface area contributed by atoms with Crippen molar-refractivity contribution in [2.45, 2.75) is 29.9 Å². The fourth-order valence-electron chi connectivity index (χ4n) is 3.44. The zero-order valence-electron chi connectivity index (χ0n) is 16.1. The highest BCUT2D eigenvalue weighted by atomic mass is 35.5. The van der Waals surface area contributed by atoms with Gasteiger partial charge in [-0.25, -0.2) is 9.69 Å². The first-order chi connectivity index (χ1) is 14.6. The van der Waals surface area contributed by atoms with E-state index in [4.69, 9.17) is 11.6 Å². The normalized spacial score (nSPS) is 17.1. The summed E-state index contributed by atoms with van der Waals surface area (Å²) in [7, 11) is 0. The van der Waals surface area contributed by atoms with Gasteiger partial charge >= 0.3 is 11.5 Å². The van der Waals surface area contributed by atoms with Gasteiger partial charge in [0, 0.05) is 28.0 Å². The topological polar surface area (TPSA) is 53.5 Å². The second kappa shape index (κ2) is 8.05. The Morgan fingerprint density at radius 1 is 1.10 bits per heavy atom. The molecule has 4 rings (SSSR count). The quantitative estimate of drug-likeness (QED) is 0.358. The van der Waals surface area contributed by atoms with Crippen LogP contribution >= 0.6 is 23.4 Å². The van der Waals surface area contributed by atoms with E-state index in [-0.39, 0.29) is 28.9 Å². The van der Waals surface area contributed by atoms with E-state index >= 15 is 0 Å². The van der Waals surface area contributed by atoms with Crippen molar-refractivity contribution in [1.29, 1.82) is 0 Å². The van der Waals surface area contributed by atoms with E-state index < -0.39 is 23.5 Å². The number of carbonyl (C=O) groups excluding carboxylic acids is 2. The molecule has 2 aromatic carbocycles. The summed E-state index contributed by atoms with van der Waals surface area (Å²) in [5.41, 5.74) is -2.71. The largest absolute Gasteiger partial charge is 0.446 e. The smallest absolute Gasteiger partial charge is 0.308 e. The Balaban J connectivity index is 1.60. The molecule has 0 N–H and O–H groups in total. The van der Waals surface area contributed by atoms with Crippen molar-refractivity contribution in [3.05, 3.63) is 65.3 Å². The van der Waals surface area contributed by atoms with Crippen LogP contribution in [0.25, 0.3) is 10.9 Å². The van der Waals surface area contributed by atoms with Crippen molar-refractivity contribution in [2.75, 3.05) is 4.90 Å². The Morgan fingerprint density at radius 2 is 1.81 bits per heavy atom. The van der Waals surface area contributed by atoms with Crippen molar-refractivity contribution in [2.24, 2.45) is 0 Å². The number of hydrogen-bond acceptors (Lipinski definition) is 4. The number of fused-ring (bicyclic) bond motifs is 1. The fraction of sp³-hybridized carbons (Fsp3) is 0.190. The number of halogens is 4. The molecule has 1 atom stereocenters. The third-order valence-electron chi connectivity index (χ3n) is 4.95. The molecule has 0 aliphatic carbocycles. The lowest BCUT2D eigenvalue weighted by Crippen LogP contribution is -2.33. The first kappa shape index (κ1) is 21.5. The highest BCUT2D eigenvalue weighted by Gasteiger charge is 2.43. The number of hydrogen-bond donors (Lipinski definition) is 0. The van der Waals surface area contributed by atoms with Crippen LogP contribution in [-0.4, -0.2) is 33.4 Å². The van der Waals surface area contributed by atoms with Crippen LogP contribution < -0.4 is 4.90 Å². The summed E-state index contributed by atoms with van der Waals surface area (Å²) in [6, 6.07) is 10.9. The highest BCUT2D eigenvalue weighted by molar-refractivity contribution is 8.00. The number of aromatic nitrogens is 1. The zero-order chi connectivity index (χ0) is 22.3. The van der Waals surface area contributed by atoms with Crippen LogP contribution in [0.5, 0.6) is 0 Å². The molecule has 1 aliphatic heterocycles. The number of amides is 3. The maximum atomic E-state index is 13.1. The van der Waals surface area contributed by atoms with Gasteiger partial charge in [0.05, 0.1) is 11.2 Å². The predicted molar refractivity (Wildman–Crippen MR) is 113 cm³/mol. The minimum atomic E-state index is -4.41. The third kappa shape index (κ3) is 4.33. The van der Waals surface area contributed by atoms with Crippen LogP contribution in [-0.2, 0) is 11.3 Å². The fourth-order valence-corrected chi connectivity index (χ4v) is 4.16. The Morgan fingerprint density at radius 3 is 2.48 bits per heavy atom. The number of anilines is 1. The lowest BCUT2D eigenvalue weighted by atomic mass is 10.1. The van der Waals surface area contributed by atoms with Gasteiger partial charge in [0.2, 0.25) is 0 Å². The van der Waals surface area contributed by atoms with Gasteiger partial charge in [-0.2, -0.15) is 13.2 Å². The van der Waals surface area contributed by atoms with Gasteiger partial charge in [0.25, 0.3) is 5.91 Å². The summed E-state index contributed by atoms with van der Waals surface area (Å²) >= 11 is 5.84. The zero-order valence-corrected chi connectivity index (χ0v) is 17.6. The van der Waals surface area contributed by atoms with Crippen LogP contribution in [0.15, 0.2) is 59.6 Å². The number of imide groups is 1. The summed E-state index contributed by atoms with van der Waals surface area (Å²) in [5.74, 6) is -0.447. The first-order valence-electron chi connectivity index (χ1n) is 9.17. The van der Waals surface area contributed by atoms with Crippen LogP contribution in [0.2, 0.25) is 5.02 Å². The summed E-state index contributed by atoms with van der Waals surface area (Å²) in [6.07, 6.45) is 1.62. The molecule has 3 amide bonds. The lowest BCUT2D eigenvalue weighted by molar-refractivity contribution is -0.119. The maximum Gasteiger partial charge on any atom is 0.446 e. The molecule has 1 saturated heterocycles. The molecule has 1 unspecified atom stereocenters. The van der Waals surface area contributed by atoms with E-state index in [0.717, 1.165) is 15.8 Å². The van der Waals surface area contributed by atoms with Gasteiger partial charge in [0.15, 0.2) is 0 Å². The van der Waals surface area contributed by atoms with Crippen molar-refractivity contribution >= 4 is 51.9 Å². The summed E-state index contributed by atoms with van der Waals surface area (Å²) in [6.45, 7) is 1.77. The number of benzene rings is 2. The van der Waals surface area contributed by atoms with E-state index in [1.54, 1.807) is 37.4 Å². The first-order valence-corrected chi connectivity index (χ1v) is 10.4. The van der Waals surface area contributed by atoms with Gasteiger partial charge in [-0.15, -0.1) is 0 Å². The SMILES string of the molecule is CC1C(=O)N(c2ccc(SC(F)(F)F)cc2)C(=O)N1Cc1ccnc2ccc(Cl)cc12. The van der Waals surface area contributed by atoms with Crippen molar-refractivity contribution in [1.82, 2.24) is 9.88 Å². The molecule has 1 aliphatic rings. The Labute approximate surface area is 184 Å². The van der Waals surface area contributed by atoms with Crippen LogP contribution in [0.1, 0.15) is 12.5 Å². The number of alkyl halides is 3. The molecular formula is C21H15ClF3N3O2S. The minimum Gasteiger partial charge on any atom is -0.308 e. The molecule has 0 saturated carbocycles. The molecule has 160 valence electrons. The van der Waals surface area contributed by atoms with Crippen molar-refractivity contribution in [3.8, 4) is 0 Å². The van der Waals surface area contributed by atoms with E-state index in [0.29, 0.717) is 10.5 Å². The summed E-state index contributed by atoms with van der Waals surface area (Å²) in [4.78, 5) is 32.5. The molecule has 5 nitrogen and oxygen atoms in total. The molecule has 3 aromatic rings. The molecule has 1 aromatic heterocycles. The van der Waals surface area contributed by atoms with Crippen LogP contribution in [0.4, 0.5) is 23.7 Å². The Kier molecular flexibility index (Phi) is 5.57. The number of pyridine rings is 1. The standard InChI is InChI=1S/C21H15ClF3N3O2S/c1-12-19(29)28(15-3-5-16(6-4-15)31-21(23,24)25)20(30)27(12)11-13-8-9-26-18-7-2-14(22)10-17(13)18/h2-10,12H,11H2,1H3. The lowest BCUT2D eigenvalue weighted by Gasteiger charge is -2.20. The monoisotopic (exact) mass is 465 g/mol. The Bertz CT molecular complexity index is 1170. The average molecular weight is 466 g/mol. The van der Waals surface area contributed by atoms with Crippen LogP contribution in [0.3, 0.4) is 0 Å². The van der Waals surface area contributed by atoms with E-state index in [1.165, 1.54) is 29.2 Å². The molecule has 10 heteroatoms. The minimum absolute atomic E-state index is 0.0274. The average Bonchev–Trinajstić information content (AvgIpc) is 2.91. The molecule has 0 bridgehead atoms. The van der Waals surface area contributed by atoms with Crippen molar-refractivity contribution < 1.29 is 22.8 Å². The maximum absolute atomic E-state index is 13.1. The molecule has 0 spiro atoms. The van der Waals surface area contributed by atoms with Gasteiger partial charge in [-0.05, 0) is 72.8 Å². The van der Waals surface area contributed by atoms with Crippen molar-refractivity contribution in [3.63, 3.8) is 0 Å². The highest BCUT2D eigenvalue weighted by Crippen LogP contribution is 2.38. The van der Waals surface area contributed by atoms with Gasteiger partial charge in [-0.3, -0.25) is 9.78 Å². The number of rotatable bonds is 4. The number of thioether (sulfide) groups is 1. The predicted octanol–water partition coefficient (Wildman–Crippen LogP) is 5.86. The van der Waals surface area contributed by atoms with Gasteiger partial charge in [-0.1, -0.05) is 11.6 Å². The summed E-state index contributed by atoms with van der Waals surface area (Å²) < 4.78 is 37.6. The van der Waals surface area contributed by atoms with E-state index in [9.17, 15) is 22.8 Å². The molecule has 31 heavy (non-hydrogen) atoms. The molecular weight excluding hydrogens is 451 g/mol. The Hall–Kier alpha value is -2.78. The van der Waals surface area contributed by atoms with Gasteiger partial charge < -0.3 is 4.90 Å². The number of nitrogens with zero attached hydrogens (tertiary/aromatic N) is 3. The van der Waals surface area contributed by atoms with Gasteiger partial charge in [0.1, 0.15) is 6.04 Å². The third-order valence-corrected chi connectivity index (χ3v) is 5.92. The molecule has 2 heterocycles. The molecule has 1 fully saturated rings. The van der Waals surface area contributed by atoms with Crippen LogP contribution in [0, 0.1) is 0 Å². The summed E-state index contributed by atoms with van der Waals surface area (Å²) in [5, 5.41) is 1.30. The number of urea groups is 1. The number of carbonyl (C=O) groups is 2. The second-order valence-corrected chi connectivity index (χ2v) is 8.51. The van der Waals surface area contributed by atoms with E-state index in [1.807, 2.05) is 0 Å². The molecule has 0 radical (unpaired) electrons. The second-order valence-electron chi connectivity index (χ2n) is 6.93.